The first-order valence-corrected chi connectivity index (χ1v) is 9.12. The molecule has 1 amide bonds. The molecule has 1 aliphatic heterocycles. The van der Waals surface area contributed by atoms with Crippen molar-refractivity contribution >= 4 is 11.6 Å². The Kier molecular flexibility index (Phi) is 6.95. The van der Waals surface area contributed by atoms with Crippen molar-refractivity contribution in [1.29, 1.82) is 0 Å². The van der Waals surface area contributed by atoms with Crippen molar-refractivity contribution in [3.63, 3.8) is 0 Å². The van der Waals surface area contributed by atoms with Crippen molar-refractivity contribution in [1.82, 2.24) is 5.31 Å². The molecule has 2 aromatic rings. The van der Waals surface area contributed by atoms with Crippen LogP contribution < -0.4 is 10.0 Å². The number of carbonyl (C=O) groups excluding carboxylic acids is 1. The third-order valence-corrected chi connectivity index (χ3v) is 4.29. The molecule has 1 aliphatic rings. The summed E-state index contributed by atoms with van der Waals surface area (Å²) in [5.74, 6) is 0.712. The number of amides is 1. The quantitative estimate of drug-likeness (QED) is 0.366. The summed E-state index contributed by atoms with van der Waals surface area (Å²) in [5, 5.41) is 7.92. The highest BCUT2D eigenvalue weighted by molar-refractivity contribution is 5.75. The lowest BCUT2D eigenvalue weighted by Gasteiger charge is -2.29. The van der Waals surface area contributed by atoms with Gasteiger partial charge in [0.2, 0.25) is 5.91 Å². The van der Waals surface area contributed by atoms with Gasteiger partial charge in [-0.05, 0) is 42.1 Å². The fraction of sp³-hybridized carbons (Fsp3) is 0.350. The molecule has 1 N–H and O–H groups in total. The van der Waals surface area contributed by atoms with Crippen LogP contribution in [-0.2, 0) is 4.79 Å². The molecule has 3 rings (SSSR count). The largest absolute Gasteiger partial charge is 0.457 e. The van der Waals surface area contributed by atoms with E-state index in [4.69, 9.17) is 17.2 Å². The summed E-state index contributed by atoms with van der Waals surface area (Å²) < 4.78 is 14.0. The second-order valence-electron chi connectivity index (χ2n) is 6.57. The van der Waals surface area contributed by atoms with Gasteiger partial charge in [-0.1, -0.05) is 48.3 Å². The molecular weight excluding hydrogens is 370 g/mol. The van der Waals surface area contributed by atoms with E-state index in [0.717, 1.165) is 22.9 Å². The number of hydrogen-bond acceptors (Lipinski definition) is 4. The topological polar surface area (TPSA) is 136 Å². The van der Waals surface area contributed by atoms with Crippen molar-refractivity contribution in [3.05, 3.63) is 74.0 Å². The highest BCUT2D eigenvalue weighted by Gasteiger charge is 2.28. The smallest absolute Gasteiger partial charge is 0.217 e. The average molecular weight is 395 g/mol. The van der Waals surface area contributed by atoms with Crippen LogP contribution >= 0.6 is 0 Å². The first-order valence-electron chi connectivity index (χ1n) is 9.57. The summed E-state index contributed by atoms with van der Waals surface area (Å²) >= 11 is 0. The van der Waals surface area contributed by atoms with Gasteiger partial charge in [0, 0.05) is 39.6 Å². The third kappa shape index (κ3) is 5.65. The van der Waals surface area contributed by atoms with E-state index < -0.39 is 6.04 Å². The minimum Gasteiger partial charge on any atom is -0.457 e. The molecule has 2 atom stereocenters. The number of nitrogens with one attached hydrogen (secondary N) is 1. The van der Waals surface area contributed by atoms with Gasteiger partial charge in [-0.15, -0.1) is 0 Å². The van der Waals surface area contributed by atoms with Gasteiger partial charge in [0.1, 0.15) is 11.5 Å². The van der Waals surface area contributed by atoms with Gasteiger partial charge >= 0.3 is 0 Å². The van der Waals surface area contributed by atoms with Crippen molar-refractivity contribution in [2.45, 2.75) is 46.2 Å². The number of aryl methyl sites for hydroxylation is 1. The van der Waals surface area contributed by atoms with E-state index in [1.807, 2.05) is 39.0 Å². The van der Waals surface area contributed by atoms with E-state index in [1.165, 1.54) is 6.92 Å². The number of benzene rings is 2. The molecule has 9 nitrogen and oxygen atoms in total. The van der Waals surface area contributed by atoms with Crippen LogP contribution in [-0.4, -0.2) is 11.9 Å². The lowest BCUT2D eigenvalue weighted by Crippen LogP contribution is -2.29. The molecule has 0 aromatic heterocycles. The predicted octanol–water partition coefficient (Wildman–Crippen LogP) is 6.36. The maximum atomic E-state index is 11.7. The molecule has 0 saturated heterocycles. The highest BCUT2D eigenvalue weighted by Crippen LogP contribution is 2.44. The molecule has 9 heteroatoms. The Balaban J connectivity index is 0.000000396. The van der Waals surface area contributed by atoms with Crippen LogP contribution in [0.5, 0.6) is 11.5 Å². The summed E-state index contributed by atoms with van der Waals surface area (Å²) in [6.45, 7) is 7.16. The maximum absolute atomic E-state index is 11.7. The van der Waals surface area contributed by atoms with E-state index in [2.05, 4.69) is 20.1 Å². The summed E-state index contributed by atoms with van der Waals surface area (Å²) in [7, 11) is 0. The van der Waals surface area contributed by atoms with E-state index in [9.17, 15) is 4.79 Å². The number of carbonyl (C=O) groups is 1. The zero-order chi connectivity index (χ0) is 22.3. The Bertz CT molecular complexity index is 1030. The summed E-state index contributed by atoms with van der Waals surface area (Å²) in [6.07, 6.45) is 0.921. The van der Waals surface area contributed by atoms with E-state index in [-0.39, 0.29) is 11.9 Å². The number of nitrogens with zero attached hydrogens (tertiary/aromatic N) is 6. The molecule has 0 bridgehead atoms. The van der Waals surface area contributed by atoms with Gasteiger partial charge in [-0.3, -0.25) is 4.79 Å². The van der Waals surface area contributed by atoms with Gasteiger partial charge in [-0.2, -0.15) is 0 Å². The van der Waals surface area contributed by atoms with Crippen LogP contribution in [0.25, 0.3) is 20.9 Å². The minimum atomic E-state index is -0.563. The molecule has 0 radical (unpaired) electrons. The minimum absolute atomic E-state index is 0.157. The van der Waals surface area contributed by atoms with Crippen molar-refractivity contribution in [2.24, 2.45) is 10.2 Å². The van der Waals surface area contributed by atoms with Gasteiger partial charge < -0.3 is 10.0 Å². The van der Waals surface area contributed by atoms with Crippen LogP contribution in [0.1, 0.15) is 49.9 Å². The molecule has 150 valence electrons. The average Bonchev–Trinajstić information content (AvgIpc) is 2.72. The first-order chi connectivity index (χ1) is 14.3. The Morgan fingerprint density at radius 3 is 2.45 bits per heavy atom. The molecule has 0 fully saturated rings. The summed E-state index contributed by atoms with van der Waals surface area (Å²) in [5.41, 5.74) is 19.3. The normalized spacial score (nSPS) is 14.8. The van der Waals surface area contributed by atoms with Crippen molar-refractivity contribution in [3.8, 4) is 11.5 Å². The lowest BCUT2D eigenvalue weighted by molar-refractivity contribution is -0.119. The van der Waals surface area contributed by atoms with Gasteiger partial charge in [-0.25, -0.2) is 0 Å². The fourth-order valence-electron chi connectivity index (χ4n) is 2.68. The summed E-state index contributed by atoms with van der Waals surface area (Å²) in [6, 6.07) is 10.2. The molecule has 1 heterocycles. The first kappa shape index (κ1) is 20.1. The molecule has 0 aliphatic carbocycles. The van der Waals surface area contributed by atoms with Crippen LogP contribution in [0, 0.1) is 6.92 Å². The monoisotopic (exact) mass is 395 g/mol. The molecule has 2 unspecified atom stereocenters. The molecule has 0 saturated carbocycles. The Hall–Kier alpha value is -3.67. The van der Waals surface area contributed by atoms with Crippen LogP contribution in [0.15, 0.2) is 46.6 Å². The Morgan fingerprint density at radius 1 is 1.24 bits per heavy atom. The van der Waals surface area contributed by atoms with E-state index in [1.54, 1.807) is 18.2 Å². The summed E-state index contributed by atoms with van der Waals surface area (Å²) in [4.78, 5) is 17.1. The molecule has 0 spiro atoms. The predicted molar refractivity (Wildman–Crippen MR) is 111 cm³/mol. The number of ether oxygens (including phenoxy) is 1. The van der Waals surface area contributed by atoms with E-state index in [0.29, 0.717) is 22.7 Å². The molecule has 29 heavy (non-hydrogen) atoms. The van der Waals surface area contributed by atoms with Gasteiger partial charge in [0.25, 0.3) is 0 Å². The van der Waals surface area contributed by atoms with E-state index >= 15 is 0 Å². The van der Waals surface area contributed by atoms with Gasteiger partial charge in [0.05, 0.1) is 6.04 Å². The highest BCUT2D eigenvalue weighted by atomic mass is 16.5. The Morgan fingerprint density at radius 2 is 1.90 bits per heavy atom. The third-order valence-electron chi connectivity index (χ3n) is 4.29. The van der Waals surface area contributed by atoms with Crippen LogP contribution in [0.4, 0.5) is 5.69 Å². The standard InChI is InChI=1S/C16H14N4O2.C4H9N3/c1-9-3-5-12-14(7-9)22-15-8-11(19-20-17)4-6-13(15)16(12)18-10(2)21;1-3-4(2)6-7-5/h3-8,16H,1-2H3,(H,18,21);4H,3H2,1-2H3/i/hT. The van der Waals surface area contributed by atoms with Crippen molar-refractivity contribution < 1.29 is 10.9 Å². The number of hydrogen-bond donors (Lipinski definition) is 1. The fourth-order valence-corrected chi connectivity index (χ4v) is 2.68. The van der Waals surface area contributed by atoms with Crippen LogP contribution in [0.2, 0.25) is 1.41 Å². The second kappa shape index (κ2) is 10.0. The zero-order valence-corrected chi connectivity index (χ0v) is 16.8. The maximum Gasteiger partial charge on any atom is 0.217 e. The zero-order valence-electron chi connectivity index (χ0n) is 17.8. The van der Waals surface area contributed by atoms with Gasteiger partial charge in [0.15, 0.2) is 1.41 Å². The number of fused-ring (bicyclic) bond motifs is 2. The Labute approximate surface area is 170 Å². The lowest BCUT2D eigenvalue weighted by atomic mass is 9.93. The number of rotatable bonds is 4. The molecular formula is C20H23N7O2. The van der Waals surface area contributed by atoms with Crippen molar-refractivity contribution in [2.75, 3.05) is 0 Å². The second-order valence-corrected chi connectivity index (χ2v) is 6.57. The SMILES string of the molecule is CCC(C)N=[N+]=[N-].[3H]N(C(C)=O)C1c2ccc(C)cc2Oc2cc(N=[N+]=[N-])ccc21. The van der Waals surface area contributed by atoms with Crippen LogP contribution in [0.3, 0.4) is 0 Å². The molecule has 2 aromatic carbocycles. The number of azide groups is 2.